The zero-order valence-corrected chi connectivity index (χ0v) is 9.83. The van der Waals surface area contributed by atoms with Crippen molar-refractivity contribution in [2.75, 3.05) is 30.4 Å². The Labute approximate surface area is 103 Å². The van der Waals surface area contributed by atoms with E-state index in [2.05, 4.69) is 15.5 Å². The molecule has 3 rings (SSSR count). The van der Waals surface area contributed by atoms with E-state index in [4.69, 9.17) is 14.9 Å². The molecule has 8 heteroatoms. The number of aromatic nitrogens is 2. The maximum atomic E-state index is 12.1. The van der Waals surface area contributed by atoms with Crippen molar-refractivity contribution in [3.05, 3.63) is 0 Å². The molecule has 2 fully saturated rings. The van der Waals surface area contributed by atoms with Crippen molar-refractivity contribution in [2.24, 2.45) is 0 Å². The van der Waals surface area contributed by atoms with E-state index >= 15 is 0 Å². The van der Waals surface area contributed by atoms with Crippen LogP contribution in [0.15, 0.2) is 4.42 Å². The summed E-state index contributed by atoms with van der Waals surface area (Å²) in [7, 11) is 0. The van der Waals surface area contributed by atoms with Gasteiger partial charge in [-0.3, -0.25) is 4.79 Å². The number of carbonyl (C=O) groups excluding carboxylic acids is 1. The first-order chi connectivity index (χ1) is 8.74. The average Bonchev–Trinajstić information content (AvgIpc) is 3.08. The van der Waals surface area contributed by atoms with Crippen LogP contribution in [0.25, 0.3) is 0 Å². The Kier molecular flexibility index (Phi) is 2.78. The van der Waals surface area contributed by atoms with Crippen molar-refractivity contribution >= 4 is 17.9 Å². The number of nitrogens with two attached hydrogens (primary N) is 1. The van der Waals surface area contributed by atoms with Crippen LogP contribution in [0.2, 0.25) is 0 Å². The summed E-state index contributed by atoms with van der Waals surface area (Å²) in [6.07, 6.45) is 2.10. The Morgan fingerprint density at radius 3 is 2.94 bits per heavy atom. The van der Waals surface area contributed by atoms with Crippen LogP contribution in [0.3, 0.4) is 0 Å². The van der Waals surface area contributed by atoms with Gasteiger partial charge in [0, 0.05) is 12.6 Å². The lowest BCUT2D eigenvalue weighted by Gasteiger charge is -2.32. The van der Waals surface area contributed by atoms with Crippen LogP contribution < -0.4 is 16.0 Å². The number of hydrogen-bond donors (Lipinski definition) is 2. The monoisotopic (exact) mass is 253 g/mol. The van der Waals surface area contributed by atoms with Gasteiger partial charge in [0.15, 0.2) is 0 Å². The average molecular weight is 253 g/mol. The molecule has 1 aromatic heterocycles. The normalized spacial score (nSPS) is 24.0. The second kappa shape index (κ2) is 4.45. The van der Waals surface area contributed by atoms with Gasteiger partial charge in [0.05, 0.1) is 13.2 Å². The molecule has 98 valence electrons. The lowest BCUT2D eigenvalue weighted by molar-refractivity contribution is -0.124. The quantitative estimate of drug-likeness (QED) is 0.721. The largest absolute Gasteiger partial charge is 0.390 e. The van der Waals surface area contributed by atoms with E-state index in [9.17, 15) is 4.79 Å². The van der Waals surface area contributed by atoms with Crippen LogP contribution in [0.4, 0.5) is 12.0 Å². The molecule has 0 spiro atoms. The molecule has 1 unspecified atom stereocenters. The van der Waals surface area contributed by atoms with Crippen molar-refractivity contribution in [3.63, 3.8) is 0 Å². The zero-order chi connectivity index (χ0) is 12.5. The summed E-state index contributed by atoms with van der Waals surface area (Å²) in [6, 6.07) is 0.151. The van der Waals surface area contributed by atoms with E-state index in [1.807, 2.05) is 0 Å². The van der Waals surface area contributed by atoms with E-state index in [1.165, 1.54) is 0 Å². The molecule has 1 saturated heterocycles. The maximum Gasteiger partial charge on any atom is 0.320 e. The Balaban J connectivity index is 1.74. The molecule has 0 aromatic carbocycles. The number of carbonyl (C=O) groups is 1. The minimum absolute atomic E-state index is 0.00200. The third kappa shape index (κ3) is 2.23. The van der Waals surface area contributed by atoms with E-state index < -0.39 is 6.04 Å². The van der Waals surface area contributed by atoms with Crippen molar-refractivity contribution in [1.82, 2.24) is 15.5 Å². The predicted molar refractivity (Wildman–Crippen MR) is 61.8 cm³/mol. The maximum absolute atomic E-state index is 12.1. The summed E-state index contributed by atoms with van der Waals surface area (Å²) in [4.78, 5) is 13.8. The SMILES string of the molecule is Nc1nnc(N2CCOCC2C(=O)NC2CC2)o1. The minimum Gasteiger partial charge on any atom is -0.390 e. The Morgan fingerprint density at radius 2 is 2.28 bits per heavy atom. The van der Waals surface area contributed by atoms with Gasteiger partial charge >= 0.3 is 12.0 Å². The summed E-state index contributed by atoms with van der Waals surface area (Å²) in [5.41, 5.74) is 5.40. The lowest BCUT2D eigenvalue weighted by atomic mass is 10.2. The third-order valence-corrected chi connectivity index (χ3v) is 3.03. The van der Waals surface area contributed by atoms with Crippen LogP contribution in [-0.4, -0.2) is 47.9 Å². The van der Waals surface area contributed by atoms with Crippen LogP contribution in [-0.2, 0) is 9.53 Å². The molecule has 0 bridgehead atoms. The molecule has 3 N–H and O–H groups in total. The number of anilines is 2. The van der Waals surface area contributed by atoms with Crippen LogP contribution in [0, 0.1) is 0 Å². The zero-order valence-electron chi connectivity index (χ0n) is 9.83. The van der Waals surface area contributed by atoms with E-state index in [0.717, 1.165) is 12.8 Å². The molecule has 1 saturated carbocycles. The fraction of sp³-hybridized carbons (Fsp3) is 0.700. The Hall–Kier alpha value is -1.83. The number of nitrogen functional groups attached to an aromatic ring is 1. The standard InChI is InChI=1S/C10H15N5O3/c11-9-13-14-10(18-9)15-3-4-17-5-7(15)8(16)12-6-1-2-6/h6-7H,1-5H2,(H2,11,13)(H,12,16). The highest BCUT2D eigenvalue weighted by atomic mass is 16.5. The van der Waals surface area contributed by atoms with Crippen molar-refractivity contribution in [1.29, 1.82) is 0 Å². The molecule has 1 aliphatic carbocycles. The predicted octanol–water partition coefficient (Wildman–Crippen LogP) is -0.864. The summed E-state index contributed by atoms with van der Waals surface area (Å²) in [5, 5.41) is 10.4. The summed E-state index contributed by atoms with van der Waals surface area (Å²) in [5.74, 6) is -0.0611. The number of hydrogen-bond acceptors (Lipinski definition) is 7. The van der Waals surface area contributed by atoms with Gasteiger partial charge in [0.25, 0.3) is 0 Å². The molecule has 1 aromatic rings. The second-order valence-electron chi connectivity index (χ2n) is 4.49. The number of nitrogens with zero attached hydrogens (tertiary/aromatic N) is 3. The first-order valence-electron chi connectivity index (χ1n) is 5.98. The fourth-order valence-electron chi connectivity index (χ4n) is 1.92. The van der Waals surface area contributed by atoms with Crippen LogP contribution in [0.5, 0.6) is 0 Å². The number of amides is 1. The number of morpholine rings is 1. The van der Waals surface area contributed by atoms with Gasteiger partial charge in [-0.1, -0.05) is 10.2 Å². The van der Waals surface area contributed by atoms with E-state index in [0.29, 0.717) is 25.8 Å². The lowest BCUT2D eigenvalue weighted by Crippen LogP contribution is -2.54. The molecule has 8 nitrogen and oxygen atoms in total. The highest BCUT2D eigenvalue weighted by molar-refractivity contribution is 5.85. The van der Waals surface area contributed by atoms with Gasteiger partial charge in [-0.25, -0.2) is 0 Å². The van der Waals surface area contributed by atoms with Crippen molar-refractivity contribution in [2.45, 2.75) is 24.9 Å². The molecule has 1 amide bonds. The van der Waals surface area contributed by atoms with Gasteiger partial charge in [-0.15, -0.1) is 0 Å². The summed E-state index contributed by atoms with van der Waals surface area (Å²) < 4.78 is 10.5. The van der Waals surface area contributed by atoms with Gasteiger partial charge in [-0.05, 0) is 12.8 Å². The molecule has 1 atom stereocenters. The molecule has 0 radical (unpaired) electrons. The van der Waals surface area contributed by atoms with Gasteiger partial charge in [0.1, 0.15) is 6.04 Å². The molecule has 1 aliphatic heterocycles. The molecule has 2 heterocycles. The topological polar surface area (TPSA) is 107 Å². The van der Waals surface area contributed by atoms with E-state index in [-0.39, 0.29) is 17.9 Å². The Morgan fingerprint density at radius 1 is 1.44 bits per heavy atom. The first kappa shape index (κ1) is 11.3. The number of ether oxygens (including phenoxy) is 1. The third-order valence-electron chi connectivity index (χ3n) is 3.03. The molecular weight excluding hydrogens is 238 g/mol. The van der Waals surface area contributed by atoms with Gasteiger partial charge < -0.3 is 25.1 Å². The highest BCUT2D eigenvalue weighted by Crippen LogP contribution is 2.22. The molecule has 18 heavy (non-hydrogen) atoms. The highest BCUT2D eigenvalue weighted by Gasteiger charge is 2.35. The number of rotatable bonds is 3. The molecule has 2 aliphatic rings. The van der Waals surface area contributed by atoms with Gasteiger partial charge in [-0.2, -0.15) is 0 Å². The van der Waals surface area contributed by atoms with Crippen LogP contribution in [0.1, 0.15) is 12.8 Å². The van der Waals surface area contributed by atoms with Crippen molar-refractivity contribution in [3.8, 4) is 0 Å². The minimum atomic E-state index is -0.431. The molecular formula is C10H15N5O3. The van der Waals surface area contributed by atoms with Crippen molar-refractivity contribution < 1.29 is 13.9 Å². The van der Waals surface area contributed by atoms with Gasteiger partial charge in [0.2, 0.25) is 5.91 Å². The number of nitrogens with one attached hydrogen (secondary N) is 1. The van der Waals surface area contributed by atoms with Crippen LogP contribution >= 0.6 is 0 Å². The smallest absolute Gasteiger partial charge is 0.320 e. The van der Waals surface area contributed by atoms with E-state index in [1.54, 1.807) is 4.90 Å². The fourth-order valence-corrected chi connectivity index (χ4v) is 1.92. The first-order valence-corrected chi connectivity index (χ1v) is 5.98. The summed E-state index contributed by atoms with van der Waals surface area (Å²) >= 11 is 0. The second-order valence-corrected chi connectivity index (χ2v) is 4.49. The summed E-state index contributed by atoms with van der Waals surface area (Å²) in [6.45, 7) is 1.38. The Bertz CT molecular complexity index is 444.